The molecule has 0 aromatic heterocycles. The Morgan fingerprint density at radius 3 is 1.80 bits per heavy atom. The molecule has 0 aliphatic carbocycles. The molecule has 0 bridgehead atoms. The fourth-order valence-electron chi connectivity index (χ4n) is 4.81. The van der Waals surface area contributed by atoms with Gasteiger partial charge in [0.1, 0.15) is 0 Å². The monoisotopic (exact) mass is 281 g/mol. The molecule has 0 aromatic rings. The van der Waals surface area contributed by atoms with Gasteiger partial charge in [0.2, 0.25) is 0 Å². The van der Waals surface area contributed by atoms with Crippen molar-refractivity contribution in [2.24, 2.45) is 22.2 Å². The maximum atomic E-state index is 2.60. The summed E-state index contributed by atoms with van der Waals surface area (Å²) in [6.45, 7) is 23.3. The van der Waals surface area contributed by atoms with E-state index < -0.39 is 0 Å². The van der Waals surface area contributed by atoms with Gasteiger partial charge >= 0.3 is 0 Å². The molecule has 120 valence electrons. The number of rotatable bonds is 0. The van der Waals surface area contributed by atoms with Crippen molar-refractivity contribution >= 4 is 0 Å². The summed E-state index contributed by atoms with van der Waals surface area (Å²) in [4.78, 5) is 2.60. The van der Waals surface area contributed by atoms with E-state index in [-0.39, 0.29) is 5.54 Å². The Labute approximate surface area is 128 Å². The van der Waals surface area contributed by atoms with Crippen LogP contribution in [0.1, 0.15) is 81.6 Å². The standard InChI is InChI=1S/C19H39N/c1-15-11-16(2,3)12-17(4,5)14-20(10)19(8,9)13-18(15,6)7/h15H,11-14H2,1-10H3. The Morgan fingerprint density at radius 2 is 1.30 bits per heavy atom. The molecule has 1 heterocycles. The molecule has 1 aliphatic rings. The Balaban J connectivity index is 3.13. The molecule has 1 atom stereocenters. The molecule has 20 heavy (non-hydrogen) atoms. The van der Waals surface area contributed by atoms with Crippen LogP contribution in [0.3, 0.4) is 0 Å². The predicted octanol–water partition coefficient (Wildman–Crippen LogP) is 5.60. The molecule has 0 amide bonds. The first-order chi connectivity index (χ1) is 8.67. The third-order valence-electron chi connectivity index (χ3n) is 5.74. The largest absolute Gasteiger partial charge is 0.301 e. The molecular weight excluding hydrogens is 242 g/mol. The fraction of sp³-hybridized carbons (Fsp3) is 1.00. The van der Waals surface area contributed by atoms with Gasteiger partial charge in [0, 0.05) is 12.1 Å². The van der Waals surface area contributed by atoms with Gasteiger partial charge < -0.3 is 4.90 Å². The van der Waals surface area contributed by atoms with Gasteiger partial charge in [0.15, 0.2) is 0 Å². The fourth-order valence-corrected chi connectivity index (χ4v) is 4.81. The highest BCUT2D eigenvalue weighted by Crippen LogP contribution is 2.47. The van der Waals surface area contributed by atoms with E-state index in [1.165, 1.54) is 25.8 Å². The molecule has 1 aliphatic heterocycles. The zero-order valence-corrected chi connectivity index (χ0v) is 15.9. The van der Waals surface area contributed by atoms with Gasteiger partial charge in [-0.1, -0.05) is 48.5 Å². The molecule has 1 rings (SSSR count). The van der Waals surface area contributed by atoms with Crippen molar-refractivity contribution in [3.8, 4) is 0 Å². The van der Waals surface area contributed by atoms with Crippen LogP contribution in [0.25, 0.3) is 0 Å². The summed E-state index contributed by atoms with van der Waals surface area (Å²) >= 11 is 0. The van der Waals surface area contributed by atoms with E-state index in [4.69, 9.17) is 0 Å². The average Bonchev–Trinajstić information content (AvgIpc) is 2.10. The van der Waals surface area contributed by atoms with Crippen LogP contribution in [0, 0.1) is 22.2 Å². The smallest absolute Gasteiger partial charge is 0.0155 e. The molecule has 0 saturated carbocycles. The lowest BCUT2D eigenvalue weighted by molar-refractivity contribution is -0.000843. The van der Waals surface area contributed by atoms with Crippen molar-refractivity contribution < 1.29 is 0 Å². The molecule has 1 unspecified atom stereocenters. The Hall–Kier alpha value is -0.0400. The first-order valence-electron chi connectivity index (χ1n) is 8.38. The third kappa shape index (κ3) is 4.48. The minimum atomic E-state index is 0.274. The number of hydrogen-bond acceptors (Lipinski definition) is 1. The van der Waals surface area contributed by atoms with Crippen molar-refractivity contribution in [3.63, 3.8) is 0 Å². The highest BCUT2D eigenvalue weighted by molar-refractivity contribution is 4.94. The second kappa shape index (κ2) is 5.30. The topological polar surface area (TPSA) is 3.24 Å². The van der Waals surface area contributed by atoms with Gasteiger partial charge in [-0.3, -0.25) is 0 Å². The summed E-state index contributed by atoms with van der Waals surface area (Å²) in [6, 6.07) is 0. The van der Waals surface area contributed by atoms with E-state index in [0.29, 0.717) is 16.2 Å². The van der Waals surface area contributed by atoms with E-state index >= 15 is 0 Å². The lowest BCUT2D eigenvalue weighted by atomic mass is 9.62. The van der Waals surface area contributed by atoms with Crippen LogP contribution in [0.2, 0.25) is 0 Å². The predicted molar refractivity (Wildman–Crippen MR) is 91.1 cm³/mol. The summed E-state index contributed by atoms with van der Waals surface area (Å²) < 4.78 is 0. The molecule has 1 saturated heterocycles. The van der Waals surface area contributed by atoms with E-state index in [1.807, 2.05) is 0 Å². The number of hydrogen-bond donors (Lipinski definition) is 0. The third-order valence-corrected chi connectivity index (χ3v) is 5.74. The second-order valence-corrected chi connectivity index (χ2v) is 10.4. The van der Waals surface area contributed by atoms with Gasteiger partial charge in [0.05, 0.1) is 0 Å². The summed E-state index contributed by atoms with van der Waals surface area (Å²) in [5, 5.41) is 0. The molecule has 1 heteroatoms. The van der Waals surface area contributed by atoms with Crippen LogP contribution in [-0.4, -0.2) is 24.0 Å². The van der Waals surface area contributed by atoms with Crippen molar-refractivity contribution in [2.75, 3.05) is 13.6 Å². The van der Waals surface area contributed by atoms with Crippen LogP contribution < -0.4 is 0 Å². The van der Waals surface area contributed by atoms with Crippen LogP contribution in [0.5, 0.6) is 0 Å². The SMILES string of the molecule is CC1CC(C)(C)CC(C)(C)CN(C)C(C)(C)CC1(C)C. The summed E-state index contributed by atoms with van der Waals surface area (Å²) in [5.41, 5.74) is 1.49. The van der Waals surface area contributed by atoms with Crippen molar-refractivity contribution in [3.05, 3.63) is 0 Å². The summed E-state index contributed by atoms with van der Waals surface area (Å²) in [7, 11) is 2.32. The second-order valence-electron chi connectivity index (χ2n) is 10.4. The zero-order valence-electron chi connectivity index (χ0n) is 15.9. The molecule has 0 radical (unpaired) electrons. The highest BCUT2D eigenvalue weighted by atomic mass is 15.2. The molecule has 1 fully saturated rings. The van der Waals surface area contributed by atoms with Gasteiger partial charge in [-0.05, 0) is 62.3 Å². The van der Waals surface area contributed by atoms with E-state index in [0.717, 1.165) is 5.92 Å². The van der Waals surface area contributed by atoms with E-state index in [1.54, 1.807) is 0 Å². The minimum absolute atomic E-state index is 0.274. The van der Waals surface area contributed by atoms with Crippen LogP contribution in [-0.2, 0) is 0 Å². The molecule has 0 aromatic carbocycles. The average molecular weight is 282 g/mol. The van der Waals surface area contributed by atoms with E-state index in [9.17, 15) is 0 Å². The quantitative estimate of drug-likeness (QED) is 0.559. The lowest BCUT2D eigenvalue weighted by Gasteiger charge is -2.50. The summed E-state index contributed by atoms with van der Waals surface area (Å²) in [5.74, 6) is 0.763. The van der Waals surface area contributed by atoms with Crippen molar-refractivity contribution in [1.82, 2.24) is 4.90 Å². The number of nitrogens with zero attached hydrogens (tertiary/aromatic N) is 1. The maximum Gasteiger partial charge on any atom is 0.0155 e. The lowest BCUT2D eigenvalue weighted by Crippen LogP contribution is -2.50. The molecule has 0 spiro atoms. The first kappa shape index (κ1) is 18.0. The van der Waals surface area contributed by atoms with Crippen LogP contribution in [0.4, 0.5) is 0 Å². The zero-order chi connectivity index (χ0) is 16.0. The first-order valence-corrected chi connectivity index (χ1v) is 8.38. The Kier molecular flexibility index (Phi) is 4.78. The Morgan fingerprint density at radius 1 is 0.800 bits per heavy atom. The summed E-state index contributed by atoms with van der Waals surface area (Å²) in [6.07, 6.45) is 3.91. The molecule has 1 nitrogen and oxygen atoms in total. The maximum absolute atomic E-state index is 2.60. The molecule has 0 N–H and O–H groups in total. The molecular formula is C19H39N. The minimum Gasteiger partial charge on any atom is -0.301 e. The van der Waals surface area contributed by atoms with E-state index in [2.05, 4.69) is 74.3 Å². The highest BCUT2D eigenvalue weighted by Gasteiger charge is 2.42. The van der Waals surface area contributed by atoms with Crippen LogP contribution in [0.15, 0.2) is 0 Å². The van der Waals surface area contributed by atoms with Crippen LogP contribution >= 0.6 is 0 Å². The van der Waals surface area contributed by atoms with Gasteiger partial charge in [-0.15, -0.1) is 0 Å². The van der Waals surface area contributed by atoms with Crippen molar-refractivity contribution in [2.45, 2.75) is 87.1 Å². The van der Waals surface area contributed by atoms with Gasteiger partial charge in [0.25, 0.3) is 0 Å². The Bertz CT molecular complexity index is 304. The van der Waals surface area contributed by atoms with Gasteiger partial charge in [-0.2, -0.15) is 0 Å². The van der Waals surface area contributed by atoms with Crippen molar-refractivity contribution in [1.29, 1.82) is 0 Å². The normalized spacial score (nSPS) is 33.6. The van der Waals surface area contributed by atoms with Gasteiger partial charge in [-0.25, -0.2) is 0 Å².